The van der Waals surface area contributed by atoms with Gasteiger partial charge in [0.15, 0.2) is 0 Å². The van der Waals surface area contributed by atoms with Crippen LogP contribution in [0.3, 0.4) is 0 Å². The molecular formula is C24H30N6O3. The Hall–Kier alpha value is -3.49. The van der Waals surface area contributed by atoms with Crippen LogP contribution >= 0.6 is 0 Å². The Bertz CT molecular complexity index is 1160. The SMILES string of the molecule is Cn1cc(-c2cc3cc(NC(=O)[C@H]4CC[C@H](NC(=O)OC(C)(C)C)CC4)ncc3cn2)cn1. The maximum atomic E-state index is 12.8. The van der Waals surface area contributed by atoms with Crippen molar-refractivity contribution >= 4 is 28.6 Å². The highest BCUT2D eigenvalue weighted by atomic mass is 16.6. The first-order chi connectivity index (χ1) is 15.7. The summed E-state index contributed by atoms with van der Waals surface area (Å²) in [5, 5.41) is 11.9. The van der Waals surface area contributed by atoms with E-state index in [0.29, 0.717) is 18.7 Å². The van der Waals surface area contributed by atoms with E-state index in [1.165, 1.54) is 0 Å². The topological polar surface area (TPSA) is 111 Å². The molecule has 1 fully saturated rings. The molecule has 0 bridgehead atoms. The van der Waals surface area contributed by atoms with Gasteiger partial charge in [0, 0.05) is 48.5 Å². The minimum Gasteiger partial charge on any atom is -0.444 e. The third-order valence-corrected chi connectivity index (χ3v) is 5.67. The second-order valence-electron chi connectivity index (χ2n) is 9.57. The van der Waals surface area contributed by atoms with Crippen molar-refractivity contribution in [1.82, 2.24) is 25.1 Å². The highest BCUT2D eigenvalue weighted by Crippen LogP contribution is 2.27. The molecule has 3 heterocycles. The van der Waals surface area contributed by atoms with E-state index in [4.69, 9.17) is 4.74 Å². The van der Waals surface area contributed by atoms with Gasteiger partial charge in [0.1, 0.15) is 11.4 Å². The second-order valence-corrected chi connectivity index (χ2v) is 9.57. The zero-order chi connectivity index (χ0) is 23.6. The van der Waals surface area contributed by atoms with Crippen molar-refractivity contribution < 1.29 is 14.3 Å². The fourth-order valence-electron chi connectivity index (χ4n) is 4.02. The summed E-state index contributed by atoms with van der Waals surface area (Å²) < 4.78 is 7.05. The number of amides is 2. The maximum Gasteiger partial charge on any atom is 0.407 e. The van der Waals surface area contributed by atoms with Gasteiger partial charge >= 0.3 is 6.09 Å². The highest BCUT2D eigenvalue weighted by Gasteiger charge is 2.28. The molecule has 0 spiro atoms. The Kier molecular flexibility index (Phi) is 6.31. The van der Waals surface area contributed by atoms with Crippen molar-refractivity contribution in [2.45, 2.75) is 58.1 Å². The Balaban J connectivity index is 1.35. The summed E-state index contributed by atoms with van der Waals surface area (Å²) in [5.74, 6) is 0.367. The van der Waals surface area contributed by atoms with Gasteiger partial charge in [-0.1, -0.05) is 0 Å². The Morgan fingerprint density at radius 2 is 1.76 bits per heavy atom. The van der Waals surface area contributed by atoms with E-state index in [1.54, 1.807) is 23.3 Å². The number of rotatable bonds is 4. The van der Waals surface area contributed by atoms with Gasteiger partial charge in [-0.25, -0.2) is 9.78 Å². The van der Waals surface area contributed by atoms with Crippen LogP contribution in [0.5, 0.6) is 0 Å². The van der Waals surface area contributed by atoms with Crippen molar-refractivity contribution in [1.29, 1.82) is 0 Å². The molecule has 1 aliphatic rings. The average Bonchev–Trinajstić information content (AvgIpc) is 3.18. The average molecular weight is 451 g/mol. The molecule has 0 aromatic carbocycles. The van der Waals surface area contributed by atoms with E-state index in [-0.39, 0.29) is 17.9 Å². The molecule has 0 atom stereocenters. The fourth-order valence-corrected chi connectivity index (χ4v) is 4.02. The van der Waals surface area contributed by atoms with E-state index < -0.39 is 11.7 Å². The summed E-state index contributed by atoms with van der Waals surface area (Å²) in [5.41, 5.74) is 1.22. The first-order valence-corrected chi connectivity index (χ1v) is 11.2. The molecule has 3 aromatic heterocycles. The lowest BCUT2D eigenvalue weighted by molar-refractivity contribution is -0.120. The first-order valence-electron chi connectivity index (χ1n) is 11.2. The molecule has 33 heavy (non-hydrogen) atoms. The number of anilines is 1. The van der Waals surface area contributed by atoms with Gasteiger partial charge in [0.05, 0.1) is 11.9 Å². The van der Waals surface area contributed by atoms with Crippen LogP contribution in [0.25, 0.3) is 22.0 Å². The van der Waals surface area contributed by atoms with Crippen LogP contribution in [0.1, 0.15) is 46.5 Å². The number of alkyl carbamates (subject to hydrolysis) is 1. The normalized spacial score (nSPS) is 18.7. The fraction of sp³-hybridized carbons (Fsp3) is 0.458. The lowest BCUT2D eigenvalue weighted by Crippen LogP contribution is -2.42. The predicted molar refractivity (Wildman–Crippen MR) is 125 cm³/mol. The van der Waals surface area contributed by atoms with Crippen LogP contribution in [0, 0.1) is 5.92 Å². The smallest absolute Gasteiger partial charge is 0.407 e. The number of nitrogens with zero attached hydrogens (tertiary/aromatic N) is 4. The number of ether oxygens (including phenoxy) is 1. The molecule has 1 saturated carbocycles. The van der Waals surface area contributed by atoms with Gasteiger partial charge in [0.25, 0.3) is 0 Å². The number of hydrogen-bond acceptors (Lipinski definition) is 6. The molecule has 0 aliphatic heterocycles. The molecule has 174 valence electrons. The lowest BCUT2D eigenvalue weighted by Gasteiger charge is -2.29. The maximum absolute atomic E-state index is 12.8. The minimum absolute atomic E-state index is 0.0288. The number of carbonyl (C=O) groups is 2. The number of fused-ring (bicyclic) bond motifs is 1. The van der Waals surface area contributed by atoms with E-state index >= 15 is 0 Å². The van der Waals surface area contributed by atoms with Crippen LogP contribution in [-0.2, 0) is 16.6 Å². The van der Waals surface area contributed by atoms with Crippen molar-refractivity contribution in [2.75, 3.05) is 5.32 Å². The quantitative estimate of drug-likeness (QED) is 0.620. The van der Waals surface area contributed by atoms with Crippen LogP contribution in [0.15, 0.2) is 36.9 Å². The molecule has 0 unspecified atom stereocenters. The Morgan fingerprint density at radius 3 is 2.42 bits per heavy atom. The zero-order valence-electron chi connectivity index (χ0n) is 19.5. The minimum atomic E-state index is -0.525. The van der Waals surface area contributed by atoms with E-state index in [0.717, 1.165) is 34.9 Å². The van der Waals surface area contributed by atoms with E-state index in [9.17, 15) is 9.59 Å². The molecule has 3 aromatic rings. The Labute approximate surface area is 192 Å². The number of hydrogen-bond donors (Lipinski definition) is 2. The van der Waals surface area contributed by atoms with Gasteiger partial charge in [-0.2, -0.15) is 5.10 Å². The molecule has 9 heteroatoms. The molecule has 1 aliphatic carbocycles. The molecule has 0 radical (unpaired) electrons. The van der Waals surface area contributed by atoms with Crippen LogP contribution in [0.4, 0.5) is 10.6 Å². The van der Waals surface area contributed by atoms with Crippen molar-refractivity contribution in [3.8, 4) is 11.3 Å². The third kappa shape index (κ3) is 5.85. The summed E-state index contributed by atoms with van der Waals surface area (Å²) in [7, 11) is 1.86. The zero-order valence-corrected chi connectivity index (χ0v) is 19.5. The van der Waals surface area contributed by atoms with Crippen LogP contribution in [-0.4, -0.2) is 43.4 Å². The number of aryl methyl sites for hydroxylation is 1. The summed E-state index contributed by atoms with van der Waals surface area (Å²) in [4.78, 5) is 33.7. The van der Waals surface area contributed by atoms with Crippen LogP contribution in [0.2, 0.25) is 0 Å². The van der Waals surface area contributed by atoms with E-state index in [2.05, 4.69) is 25.7 Å². The van der Waals surface area contributed by atoms with Crippen molar-refractivity contribution in [3.05, 3.63) is 36.9 Å². The summed E-state index contributed by atoms with van der Waals surface area (Å²) in [6.45, 7) is 5.51. The second kappa shape index (κ2) is 9.17. The van der Waals surface area contributed by atoms with Gasteiger partial charge in [-0.3, -0.25) is 14.5 Å². The largest absolute Gasteiger partial charge is 0.444 e. The van der Waals surface area contributed by atoms with Gasteiger partial charge < -0.3 is 15.4 Å². The molecule has 2 N–H and O–H groups in total. The summed E-state index contributed by atoms with van der Waals surface area (Å²) in [6.07, 6.45) is 9.64. The number of pyridine rings is 2. The van der Waals surface area contributed by atoms with Gasteiger partial charge in [0.2, 0.25) is 5.91 Å². The Morgan fingerprint density at radius 1 is 1.03 bits per heavy atom. The third-order valence-electron chi connectivity index (χ3n) is 5.67. The van der Waals surface area contributed by atoms with Gasteiger partial charge in [-0.15, -0.1) is 0 Å². The molecule has 9 nitrogen and oxygen atoms in total. The highest BCUT2D eigenvalue weighted by molar-refractivity contribution is 5.94. The number of nitrogens with one attached hydrogen (secondary N) is 2. The molecular weight excluding hydrogens is 420 g/mol. The van der Waals surface area contributed by atoms with Gasteiger partial charge in [-0.05, 0) is 64.0 Å². The standard InChI is InChI=1S/C24H30N6O3/c1-24(2,3)33-23(32)28-19-7-5-15(6-8-19)22(31)29-21-10-16-9-20(18-13-27-30(4)14-18)25-11-17(16)12-26-21/h9-15,19H,5-8H2,1-4H3,(H,28,32)(H,26,29,31)/t15-,19-. The molecule has 2 amide bonds. The van der Waals surface area contributed by atoms with Crippen molar-refractivity contribution in [2.24, 2.45) is 13.0 Å². The molecule has 0 saturated heterocycles. The van der Waals surface area contributed by atoms with E-state index in [1.807, 2.05) is 46.1 Å². The summed E-state index contributed by atoms with van der Waals surface area (Å²) in [6, 6.07) is 3.86. The van der Waals surface area contributed by atoms with Crippen molar-refractivity contribution in [3.63, 3.8) is 0 Å². The molecule has 4 rings (SSSR count). The summed E-state index contributed by atoms with van der Waals surface area (Å²) >= 11 is 0. The lowest BCUT2D eigenvalue weighted by atomic mass is 9.85. The number of aromatic nitrogens is 4. The van der Waals surface area contributed by atoms with Crippen LogP contribution < -0.4 is 10.6 Å². The monoisotopic (exact) mass is 450 g/mol. The number of carbonyl (C=O) groups excluding carboxylic acids is 2. The first kappa shape index (κ1) is 22.7. The predicted octanol–water partition coefficient (Wildman–Crippen LogP) is 4.05.